The Morgan fingerprint density at radius 3 is 2.89 bits per heavy atom. The zero-order valence-corrected chi connectivity index (χ0v) is 19.5. The van der Waals surface area contributed by atoms with Crippen molar-refractivity contribution in [3.05, 3.63) is 60.4 Å². The van der Waals surface area contributed by atoms with Gasteiger partial charge in [0.2, 0.25) is 0 Å². The van der Waals surface area contributed by atoms with Crippen LogP contribution in [0.4, 0.5) is 14.6 Å². The van der Waals surface area contributed by atoms with Crippen LogP contribution in [-0.4, -0.2) is 50.9 Å². The number of alkyl halides is 1. The Bertz CT molecular complexity index is 1280. The first-order valence-corrected chi connectivity index (χ1v) is 11.8. The van der Waals surface area contributed by atoms with E-state index in [1.807, 2.05) is 36.3 Å². The summed E-state index contributed by atoms with van der Waals surface area (Å²) >= 11 is 0. The number of hydrogen-bond donors (Lipinski definition) is 1. The topological polar surface area (TPSA) is 78.5 Å². The molecule has 3 aromatic heterocycles. The van der Waals surface area contributed by atoms with Crippen molar-refractivity contribution in [1.29, 1.82) is 0 Å². The molecule has 1 aliphatic rings. The second-order valence-electron chi connectivity index (χ2n) is 8.63. The van der Waals surface area contributed by atoms with E-state index in [1.54, 1.807) is 16.8 Å². The lowest BCUT2D eigenvalue weighted by Crippen LogP contribution is -2.19. The van der Waals surface area contributed by atoms with Crippen LogP contribution < -0.4 is 10.1 Å². The fraction of sp³-hybridized carbons (Fsp3) is 0.400. The molecule has 1 aromatic carbocycles. The summed E-state index contributed by atoms with van der Waals surface area (Å²) in [6.45, 7) is 3.17. The van der Waals surface area contributed by atoms with Gasteiger partial charge in [-0.3, -0.25) is 9.07 Å². The summed E-state index contributed by atoms with van der Waals surface area (Å²) in [5.41, 5.74) is 3.14. The van der Waals surface area contributed by atoms with Gasteiger partial charge in [-0.2, -0.15) is 10.2 Å². The molecule has 1 unspecified atom stereocenters. The molecule has 1 atom stereocenters. The maximum absolute atomic E-state index is 14.0. The minimum Gasteiger partial charge on any atom is -0.493 e. The largest absolute Gasteiger partial charge is 0.493 e. The quantitative estimate of drug-likeness (QED) is 0.339. The number of benzene rings is 1. The molecule has 0 radical (unpaired) electrons. The fourth-order valence-corrected chi connectivity index (χ4v) is 4.30. The minimum atomic E-state index is -0.462. The molecule has 0 saturated carbocycles. The van der Waals surface area contributed by atoms with Gasteiger partial charge in [-0.15, -0.1) is 0 Å². The summed E-state index contributed by atoms with van der Waals surface area (Å²) in [5.74, 6) is 0.767. The fourth-order valence-electron chi connectivity index (χ4n) is 4.30. The van der Waals surface area contributed by atoms with Crippen LogP contribution in [0.3, 0.4) is 0 Å². The number of fused-ring (bicyclic) bond motifs is 1. The molecule has 10 heteroatoms. The van der Waals surface area contributed by atoms with Crippen molar-refractivity contribution in [2.45, 2.75) is 38.3 Å². The van der Waals surface area contributed by atoms with Crippen LogP contribution in [0.2, 0.25) is 0 Å². The third kappa shape index (κ3) is 5.12. The number of halogens is 2. The van der Waals surface area contributed by atoms with E-state index in [2.05, 4.69) is 15.5 Å². The number of aromatic nitrogens is 5. The highest BCUT2D eigenvalue weighted by Crippen LogP contribution is 2.30. The van der Waals surface area contributed by atoms with Crippen molar-refractivity contribution in [2.75, 3.05) is 31.8 Å². The van der Waals surface area contributed by atoms with E-state index in [0.717, 1.165) is 37.2 Å². The summed E-state index contributed by atoms with van der Waals surface area (Å²) < 4.78 is 41.3. The maximum atomic E-state index is 14.0. The summed E-state index contributed by atoms with van der Waals surface area (Å²) in [7, 11) is 0. The molecule has 1 aliphatic heterocycles. The second-order valence-corrected chi connectivity index (χ2v) is 8.63. The number of hydrogen-bond acceptors (Lipinski definition) is 6. The summed E-state index contributed by atoms with van der Waals surface area (Å²) in [6, 6.07) is 6.18. The Morgan fingerprint density at radius 2 is 2.06 bits per heavy atom. The molecule has 184 valence electrons. The Balaban J connectivity index is 1.38. The van der Waals surface area contributed by atoms with Gasteiger partial charge in [-0.05, 0) is 44.0 Å². The lowest BCUT2D eigenvalue weighted by Gasteiger charge is -2.22. The molecule has 0 amide bonds. The Morgan fingerprint density at radius 1 is 1.20 bits per heavy atom. The smallest absolute Gasteiger partial charge is 0.165 e. The highest BCUT2D eigenvalue weighted by atomic mass is 19.1. The number of rotatable bonds is 9. The van der Waals surface area contributed by atoms with Gasteiger partial charge >= 0.3 is 0 Å². The van der Waals surface area contributed by atoms with Crippen molar-refractivity contribution >= 4 is 11.5 Å². The average Bonchev–Trinajstić information content (AvgIpc) is 3.52. The van der Waals surface area contributed by atoms with Crippen molar-refractivity contribution < 1.29 is 18.3 Å². The van der Waals surface area contributed by atoms with Crippen LogP contribution in [0.1, 0.15) is 43.8 Å². The lowest BCUT2D eigenvalue weighted by molar-refractivity contribution is 0.0662. The van der Waals surface area contributed by atoms with Crippen molar-refractivity contribution in [1.82, 2.24) is 24.4 Å². The molecule has 0 bridgehead atoms. The highest BCUT2D eigenvalue weighted by Gasteiger charge is 2.19. The zero-order valence-electron chi connectivity index (χ0n) is 19.5. The van der Waals surface area contributed by atoms with Crippen molar-refractivity contribution in [3.8, 4) is 16.9 Å². The SMILES string of the molecule is CC(Nc1ccn2ncc(-c3cnn(C4CCOCC4)c3)c2n1)c1cc(F)ccc1OCCCF. The summed E-state index contributed by atoms with van der Waals surface area (Å²) in [4.78, 5) is 4.77. The van der Waals surface area contributed by atoms with Gasteiger partial charge in [0.05, 0.1) is 37.8 Å². The molecule has 4 aromatic rings. The monoisotopic (exact) mass is 482 g/mol. The molecular formula is C25H28F2N6O2. The molecule has 1 fully saturated rings. The first-order valence-electron chi connectivity index (χ1n) is 11.8. The van der Waals surface area contributed by atoms with Gasteiger partial charge < -0.3 is 14.8 Å². The highest BCUT2D eigenvalue weighted by molar-refractivity contribution is 5.76. The van der Waals surface area contributed by atoms with Crippen LogP contribution >= 0.6 is 0 Å². The van der Waals surface area contributed by atoms with Crippen LogP contribution in [0.25, 0.3) is 16.8 Å². The van der Waals surface area contributed by atoms with Crippen LogP contribution in [0, 0.1) is 5.82 Å². The number of anilines is 1. The van der Waals surface area contributed by atoms with E-state index in [-0.39, 0.29) is 24.9 Å². The molecule has 0 aliphatic carbocycles. The zero-order chi connectivity index (χ0) is 24.2. The molecule has 1 saturated heterocycles. The molecule has 35 heavy (non-hydrogen) atoms. The molecule has 4 heterocycles. The normalized spacial score (nSPS) is 15.4. The van der Waals surface area contributed by atoms with E-state index in [9.17, 15) is 8.78 Å². The van der Waals surface area contributed by atoms with Gasteiger partial charge in [0.1, 0.15) is 17.4 Å². The lowest BCUT2D eigenvalue weighted by atomic mass is 10.1. The van der Waals surface area contributed by atoms with Gasteiger partial charge in [0, 0.05) is 48.7 Å². The van der Waals surface area contributed by atoms with Crippen LogP contribution in [-0.2, 0) is 4.74 Å². The second kappa shape index (κ2) is 10.4. The molecule has 5 rings (SSSR count). The molecule has 1 N–H and O–H groups in total. The minimum absolute atomic E-state index is 0.229. The Labute approximate surface area is 201 Å². The number of ether oxygens (including phenoxy) is 2. The molecule has 8 nitrogen and oxygen atoms in total. The first-order chi connectivity index (χ1) is 17.1. The third-order valence-electron chi connectivity index (χ3n) is 6.18. The summed E-state index contributed by atoms with van der Waals surface area (Å²) in [6.07, 6.45) is 9.65. The molecule has 0 spiro atoms. The van der Waals surface area contributed by atoms with E-state index < -0.39 is 6.67 Å². The van der Waals surface area contributed by atoms with E-state index in [1.165, 1.54) is 12.1 Å². The van der Waals surface area contributed by atoms with Crippen LogP contribution in [0.15, 0.2) is 49.1 Å². The van der Waals surface area contributed by atoms with Gasteiger partial charge in [0.15, 0.2) is 5.65 Å². The predicted octanol–water partition coefficient (Wildman–Crippen LogP) is 4.99. The molecular weight excluding hydrogens is 454 g/mol. The summed E-state index contributed by atoms with van der Waals surface area (Å²) in [5, 5.41) is 12.3. The number of nitrogens with zero attached hydrogens (tertiary/aromatic N) is 5. The van der Waals surface area contributed by atoms with Crippen molar-refractivity contribution in [3.63, 3.8) is 0 Å². The van der Waals surface area contributed by atoms with E-state index in [0.29, 0.717) is 28.8 Å². The van der Waals surface area contributed by atoms with Crippen molar-refractivity contribution in [2.24, 2.45) is 0 Å². The van der Waals surface area contributed by atoms with Gasteiger partial charge in [-0.25, -0.2) is 13.9 Å². The van der Waals surface area contributed by atoms with E-state index >= 15 is 0 Å². The van der Waals surface area contributed by atoms with E-state index in [4.69, 9.17) is 14.5 Å². The predicted molar refractivity (Wildman–Crippen MR) is 128 cm³/mol. The van der Waals surface area contributed by atoms with Gasteiger partial charge in [0.25, 0.3) is 0 Å². The number of nitrogens with one attached hydrogen (secondary N) is 1. The van der Waals surface area contributed by atoms with Crippen LogP contribution in [0.5, 0.6) is 5.75 Å². The average molecular weight is 483 g/mol. The Kier molecular flexibility index (Phi) is 6.89. The standard InChI is InChI=1S/C25H28F2N6O2/c1-17(21-13-19(27)3-4-23(21)35-10-2-8-26)30-24-5-9-32-25(31-24)22(15-29-32)18-14-28-33(16-18)20-6-11-34-12-7-20/h3-5,9,13-17,20H,2,6-8,10-12H2,1H3,(H,30,31). The van der Waals surface area contributed by atoms with Gasteiger partial charge in [-0.1, -0.05) is 0 Å². The third-order valence-corrected chi connectivity index (χ3v) is 6.18. The maximum Gasteiger partial charge on any atom is 0.165 e. The Hall–Kier alpha value is -3.53. The first kappa shape index (κ1) is 23.2.